The van der Waals surface area contributed by atoms with Crippen molar-refractivity contribution in [2.24, 2.45) is 0 Å². The summed E-state index contributed by atoms with van der Waals surface area (Å²) in [5, 5.41) is 0. The van der Waals surface area contributed by atoms with Gasteiger partial charge in [-0.25, -0.2) is 0 Å². The van der Waals surface area contributed by atoms with Gasteiger partial charge >= 0.3 is 0 Å². The van der Waals surface area contributed by atoms with Gasteiger partial charge in [-0.2, -0.15) is 0 Å². The van der Waals surface area contributed by atoms with Crippen molar-refractivity contribution in [1.29, 1.82) is 0 Å². The molecule has 1 heteroatoms. The second-order valence-corrected chi connectivity index (χ2v) is 1.34. The molecule has 0 rings (SSSR count). The van der Waals surface area contributed by atoms with Gasteiger partial charge in [0.2, 0.25) is 0 Å². The zero-order valence-corrected chi connectivity index (χ0v) is 4.28. The molecule has 0 unspecified atom stereocenters. The lowest BCUT2D eigenvalue weighted by molar-refractivity contribution is 1.08. The Morgan fingerprint density at radius 3 is 2.33 bits per heavy atom. The van der Waals surface area contributed by atoms with Gasteiger partial charge < -0.3 is 5.73 Å². The average molecular weight is 84.1 g/mol. The Balaban J connectivity index is 3.22. The molecule has 0 aromatic heterocycles. The van der Waals surface area contributed by atoms with Crippen LogP contribution in [0.1, 0.15) is 20.3 Å². The molecule has 0 aliphatic rings. The first kappa shape index (κ1) is 5.54. The van der Waals surface area contributed by atoms with Crippen LogP contribution in [0.4, 0.5) is 0 Å². The fourth-order valence-electron chi connectivity index (χ4n) is 0.102. The standard InChI is InChI=1S/C5H10N/c1-3-5(2)4-6/h4,6H,3H2,1-2H3. The van der Waals surface area contributed by atoms with Crippen molar-refractivity contribution < 1.29 is 0 Å². The Morgan fingerprint density at radius 2 is 2.33 bits per heavy atom. The SMILES string of the molecule is CCC(C)=C[NH]. The number of rotatable bonds is 1. The van der Waals surface area contributed by atoms with Gasteiger partial charge in [0.1, 0.15) is 0 Å². The van der Waals surface area contributed by atoms with E-state index in [9.17, 15) is 0 Å². The highest BCUT2D eigenvalue weighted by Crippen LogP contribution is 1.92. The van der Waals surface area contributed by atoms with E-state index in [1.54, 1.807) is 0 Å². The van der Waals surface area contributed by atoms with Crippen LogP contribution in [0.5, 0.6) is 0 Å². The predicted octanol–water partition coefficient (Wildman–Crippen LogP) is 1.58. The van der Waals surface area contributed by atoms with Crippen molar-refractivity contribution in [1.82, 2.24) is 5.73 Å². The molecule has 0 aliphatic heterocycles. The van der Waals surface area contributed by atoms with E-state index in [0.717, 1.165) is 12.0 Å². The zero-order chi connectivity index (χ0) is 4.99. The highest BCUT2D eigenvalue weighted by Gasteiger charge is 1.74. The molecule has 0 amide bonds. The second-order valence-electron chi connectivity index (χ2n) is 1.34. The molecule has 1 radical (unpaired) electrons. The molecular weight excluding hydrogens is 74.1 g/mol. The van der Waals surface area contributed by atoms with E-state index in [1.807, 2.05) is 13.8 Å². The van der Waals surface area contributed by atoms with E-state index in [2.05, 4.69) is 0 Å². The molecule has 0 atom stereocenters. The van der Waals surface area contributed by atoms with E-state index in [1.165, 1.54) is 6.20 Å². The molecule has 0 aliphatic carbocycles. The molecule has 0 bridgehead atoms. The van der Waals surface area contributed by atoms with Crippen molar-refractivity contribution in [3.8, 4) is 0 Å². The van der Waals surface area contributed by atoms with Crippen LogP contribution in [0.15, 0.2) is 11.8 Å². The van der Waals surface area contributed by atoms with Crippen LogP contribution in [0, 0.1) is 0 Å². The minimum atomic E-state index is 1.00. The van der Waals surface area contributed by atoms with Gasteiger partial charge in [-0.05, 0) is 13.3 Å². The maximum Gasteiger partial charge on any atom is 0.0166 e. The minimum absolute atomic E-state index is 1.00. The predicted molar refractivity (Wildman–Crippen MR) is 27.1 cm³/mol. The third-order valence-electron chi connectivity index (χ3n) is 0.804. The van der Waals surface area contributed by atoms with Gasteiger partial charge in [-0.15, -0.1) is 0 Å². The van der Waals surface area contributed by atoms with Gasteiger partial charge in [-0.1, -0.05) is 12.5 Å². The topological polar surface area (TPSA) is 23.8 Å². The lowest BCUT2D eigenvalue weighted by Gasteiger charge is -1.84. The van der Waals surface area contributed by atoms with Crippen LogP contribution < -0.4 is 5.73 Å². The highest BCUT2D eigenvalue weighted by molar-refractivity contribution is 4.91. The summed E-state index contributed by atoms with van der Waals surface area (Å²) in [4.78, 5) is 0. The monoisotopic (exact) mass is 84.1 g/mol. The maximum absolute atomic E-state index is 6.65. The molecule has 6 heavy (non-hydrogen) atoms. The van der Waals surface area contributed by atoms with Gasteiger partial charge in [0.05, 0.1) is 0 Å². The van der Waals surface area contributed by atoms with Crippen molar-refractivity contribution in [2.45, 2.75) is 20.3 Å². The Kier molecular flexibility index (Phi) is 2.55. The summed E-state index contributed by atoms with van der Waals surface area (Å²) in [6.45, 7) is 3.99. The lowest BCUT2D eigenvalue weighted by atomic mass is 10.3. The molecule has 0 saturated heterocycles. The summed E-state index contributed by atoms with van der Waals surface area (Å²) in [7, 11) is 0. The summed E-state index contributed by atoms with van der Waals surface area (Å²) < 4.78 is 0. The summed E-state index contributed by atoms with van der Waals surface area (Å²) >= 11 is 0. The quantitative estimate of drug-likeness (QED) is 0.460. The number of hydrogen-bond acceptors (Lipinski definition) is 0. The molecule has 0 heterocycles. The molecule has 0 saturated carbocycles. The fourth-order valence-corrected chi connectivity index (χ4v) is 0.102. The molecule has 0 spiro atoms. The fraction of sp³-hybridized carbons (Fsp3) is 0.600. The summed E-state index contributed by atoms with van der Waals surface area (Å²) in [5.74, 6) is 0. The molecular formula is C5H10N. The van der Waals surface area contributed by atoms with Gasteiger partial charge in [0.25, 0.3) is 0 Å². The largest absolute Gasteiger partial charge is 0.309 e. The van der Waals surface area contributed by atoms with Crippen molar-refractivity contribution in [2.75, 3.05) is 0 Å². The molecule has 0 fully saturated rings. The van der Waals surface area contributed by atoms with Crippen LogP contribution in [-0.4, -0.2) is 0 Å². The number of hydrogen-bond donors (Lipinski definition) is 0. The Morgan fingerprint density at radius 1 is 1.83 bits per heavy atom. The Labute approximate surface area is 38.8 Å². The molecule has 1 N–H and O–H groups in total. The van der Waals surface area contributed by atoms with E-state index in [0.29, 0.717) is 0 Å². The molecule has 35 valence electrons. The van der Waals surface area contributed by atoms with Gasteiger partial charge in [0.15, 0.2) is 0 Å². The summed E-state index contributed by atoms with van der Waals surface area (Å²) in [6.07, 6.45) is 2.39. The Hall–Kier alpha value is -0.460. The molecule has 1 nitrogen and oxygen atoms in total. The van der Waals surface area contributed by atoms with Crippen LogP contribution in [0.25, 0.3) is 0 Å². The minimum Gasteiger partial charge on any atom is -0.309 e. The van der Waals surface area contributed by atoms with Crippen LogP contribution in [-0.2, 0) is 0 Å². The first-order chi connectivity index (χ1) is 2.81. The van der Waals surface area contributed by atoms with Crippen molar-refractivity contribution in [3.63, 3.8) is 0 Å². The smallest absolute Gasteiger partial charge is 0.0166 e. The third-order valence-corrected chi connectivity index (χ3v) is 0.804. The van der Waals surface area contributed by atoms with Gasteiger partial charge in [-0.3, -0.25) is 0 Å². The van der Waals surface area contributed by atoms with E-state index in [-0.39, 0.29) is 0 Å². The first-order valence-electron chi connectivity index (χ1n) is 2.14. The van der Waals surface area contributed by atoms with Crippen LogP contribution >= 0.6 is 0 Å². The zero-order valence-electron chi connectivity index (χ0n) is 4.28. The van der Waals surface area contributed by atoms with Crippen LogP contribution in [0.3, 0.4) is 0 Å². The normalized spacial score (nSPS) is 12.0. The second kappa shape index (κ2) is 2.76. The number of allylic oxidation sites excluding steroid dienone is 1. The van der Waals surface area contributed by atoms with Crippen LogP contribution in [0.2, 0.25) is 0 Å². The summed E-state index contributed by atoms with van der Waals surface area (Å²) in [6, 6.07) is 0. The highest BCUT2D eigenvalue weighted by atomic mass is 14.5. The lowest BCUT2D eigenvalue weighted by Crippen LogP contribution is -1.68. The third kappa shape index (κ3) is 1.82. The molecule has 0 aromatic rings. The summed E-state index contributed by atoms with van der Waals surface area (Å²) in [5.41, 5.74) is 7.78. The van der Waals surface area contributed by atoms with Crippen molar-refractivity contribution >= 4 is 0 Å². The van der Waals surface area contributed by atoms with E-state index < -0.39 is 0 Å². The van der Waals surface area contributed by atoms with Crippen molar-refractivity contribution in [3.05, 3.63) is 11.8 Å². The van der Waals surface area contributed by atoms with E-state index >= 15 is 0 Å². The maximum atomic E-state index is 6.65. The van der Waals surface area contributed by atoms with Gasteiger partial charge in [0, 0.05) is 6.20 Å². The molecule has 0 aromatic carbocycles. The Bertz CT molecular complexity index is 55.0. The van der Waals surface area contributed by atoms with E-state index in [4.69, 9.17) is 5.73 Å². The first-order valence-corrected chi connectivity index (χ1v) is 2.14. The number of nitrogens with one attached hydrogen (secondary N) is 1. The average Bonchev–Trinajstić information content (AvgIpc) is 1.65.